The van der Waals surface area contributed by atoms with Crippen LogP contribution in [-0.2, 0) is 12.8 Å². The maximum Gasteiger partial charge on any atom is 0.248 e. The summed E-state index contributed by atoms with van der Waals surface area (Å²) in [5.41, 5.74) is 6.18. The summed E-state index contributed by atoms with van der Waals surface area (Å²) in [7, 11) is 0. The third-order valence-electron chi connectivity index (χ3n) is 5.61. The molecule has 5 nitrogen and oxygen atoms in total. The van der Waals surface area contributed by atoms with Crippen molar-refractivity contribution in [2.24, 2.45) is 0 Å². The molecule has 140 valence electrons. The van der Waals surface area contributed by atoms with E-state index in [0.29, 0.717) is 29.1 Å². The normalized spacial score (nSPS) is 15.2. The first kappa shape index (κ1) is 17.8. The van der Waals surface area contributed by atoms with E-state index in [1.807, 2.05) is 0 Å². The molecule has 4 N–H and O–H groups in total. The lowest BCUT2D eigenvalue weighted by Gasteiger charge is -2.18. The van der Waals surface area contributed by atoms with Gasteiger partial charge in [0.25, 0.3) is 0 Å². The van der Waals surface area contributed by atoms with Gasteiger partial charge in [0, 0.05) is 24.0 Å². The highest BCUT2D eigenvalue weighted by atomic mass is 16.3. The molecule has 5 heteroatoms. The molecule has 27 heavy (non-hydrogen) atoms. The fourth-order valence-corrected chi connectivity index (χ4v) is 4.00. The summed E-state index contributed by atoms with van der Waals surface area (Å²) in [6.45, 7) is 4.69. The van der Waals surface area contributed by atoms with Gasteiger partial charge in [-0.1, -0.05) is 18.2 Å². The minimum atomic E-state index is -0.730. The molecule has 1 aliphatic carbocycles. The number of phenolic OH excluding ortho intramolecular Hbond substituents is 1. The maximum atomic E-state index is 11.5. The van der Waals surface area contributed by atoms with E-state index in [4.69, 9.17) is 0 Å². The number of pyridine rings is 1. The quantitative estimate of drug-likeness (QED) is 0.573. The highest BCUT2D eigenvalue weighted by Crippen LogP contribution is 2.29. The van der Waals surface area contributed by atoms with Crippen molar-refractivity contribution >= 4 is 10.9 Å². The summed E-state index contributed by atoms with van der Waals surface area (Å²) in [6, 6.07) is 11.1. The van der Waals surface area contributed by atoms with Crippen LogP contribution in [-0.4, -0.2) is 27.8 Å². The van der Waals surface area contributed by atoms with Crippen LogP contribution in [0.1, 0.15) is 33.9 Å². The molecule has 1 aliphatic rings. The Labute approximate surface area is 157 Å². The summed E-state index contributed by atoms with van der Waals surface area (Å²) < 4.78 is 0. The van der Waals surface area contributed by atoms with Crippen molar-refractivity contribution in [1.82, 2.24) is 10.3 Å². The molecule has 0 fully saturated rings. The van der Waals surface area contributed by atoms with E-state index in [-0.39, 0.29) is 11.3 Å². The van der Waals surface area contributed by atoms with Gasteiger partial charge in [-0.15, -0.1) is 0 Å². The number of phenols is 1. The van der Waals surface area contributed by atoms with Gasteiger partial charge >= 0.3 is 0 Å². The lowest BCUT2D eigenvalue weighted by Crippen LogP contribution is -2.33. The summed E-state index contributed by atoms with van der Waals surface area (Å²) in [5, 5.41) is 24.8. The number of nitrogens with one attached hydrogen (secondary N) is 2. The van der Waals surface area contributed by atoms with Crippen LogP contribution < -0.4 is 10.9 Å². The van der Waals surface area contributed by atoms with Crippen LogP contribution in [0.2, 0.25) is 0 Å². The Hall–Kier alpha value is -2.63. The van der Waals surface area contributed by atoms with E-state index in [1.54, 1.807) is 12.1 Å². The molecule has 0 saturated carbocycles. The highest BCUT2D eigenvalue weighted by Gasteiger charge is 2.23. The number of H-pyrrole nitrogens is 1. The first-order chi connectivity index (χ1) is 12.9. The molecular weight excluding hydrogens is 340 g/mol. The van der Waals surface area contributed by atoms with Gasteiger partial charge in [0.15, 0.2) is 0 Å². The van der Waals surface area contributed by atoms with Crippen molar-refractivity contribution in [3.05, 3.63) is 74.6 Å². The van der Waals surface area contributed by atoms with Crippen molar-refractivity contribution in [3.8, 4) is 5.75 Å². The number of aliphatic hydroxyl groups excluding tert-OH is 1. The number of aromatic nitrogens is 1. The predicted molar refractivity (Wildman–Crippen MR) is 106 cm³/mol. The molecular formula is C22H24N2O3. The largest absolute Gasteiger partial charge is 0.506 e. The zero-order chi connectivity index (χ0) is 19.1. The lowest BCUT2D eigenvalue weighted by molar-refractivity contribution is 0.171. The molecule has 0 amide bonds. The van der Waals surface area contributed by atoms with Crippen LogP contribution in [0.4, 0.5) is 0 Å². The van der Waals surface area contributed by atoms with Crippen LogP contribution in [0.25, 0.3) is 10.9 Å². The van der Waals surface area contributed by atoms with Gasteiger partial charge in [-0.25, -0.2) is 0 Å². The average Bonchev–Trinajstić information content (AvgIpc) is 3.02. The predicted octanol–water partition coefficient (Wildman–Crippen LogP) is 2.64. The van der Waals surface area contributed by atoms with Crippen LogP contribution in [0.15, 0.2) is 41.2 Å². The Kier molecular flexibility index (Phi) is 4.50. The number of aromatic amines is 1. The highest BCUT2D eigenvalue weighted by molar-refractivity contribution is 5.87. The average molecular weight is 364 g/mol. The van der Waals surface area contributed by atoms with Crippen molar-refractivity contribution < 1.29 is 10.2 Å². The van der Waals surface area contributed by atoms with E-state index in [1.165, 1.54) is 34.4 Å². The molecule has 0 bridgehead atoms. The first-order valence-electron chi connectivity index (χ1n) is 9.27. The number of hydrogen-bond acceptors (Lipinski definition) is 4. The molecule has 0 spiro atoms. The second-order valence-corrected chi connectivity index (χ2v) is 7.52. The van der Waals surface area contributed by atoms with Gasteiger partial charge in [0.05, 0.1) is 11.6 Å². The lowest BCUT2D eigenvalue weighted by atomic mass is 10.0. The zero-order valence-electron chi connectivity index (χ0n) is 15.5. The first-order valence-corrected chi connectivity index (χ1v) is 9.27. The SMILES string of the molecule is Cc1cc2c(cc1C)CC(NC[C@H](O)c1ccc(O)c3[nH]c(=O)ccc13)C2. The molecule has 2 aromatic carbocycles. The van der Waals surface area contributed by atoms with Crippen molar-refractivity contribution in [1.29, 1.82) is 0 Å². The van der Waals surface area contributed by atoms with Crippen molar-refractivity contribution in [2.45, 2.75) is 38.8 Å². The Bertz CT molecular complexity index is 1040. The molecule has 0 unspecified atom stereocenters. The molecule has 0 saturated heterocycles. The second-order valence-electron chi connectivity index (χ2n) is 7.52. The summed E-state index contributed by atoms with van der Waals surface area (Å²) in [5.74, 6) is 0.00333. The topological polar surface area (TPSA) is 85.3 Å². The molecule has 1 heterocycles. The number of rotatable bonds is 4. The van der Waals surface area contributed by atoms with Crippen LogP contribution in [0.3, 0.4) is 0 Å². The van der Waals surface area contributed by atoms with Crippen LogP contribution in [0.5, 0.6) is 5.75 Å². The number of hydrogen-bond donors (Lipinski definition) is 4. The van der Waals surface area contributed by atoms with Gasteiger partial charge in [0.1, 0.15) is 5.75 Å². The summed E-state index contributed by atoms with van der Waals surface area (Å²) >= 11 is 0. The van der Waals surface area contributed by atoms with E-state index in [9.17, 15) is 15.0 Å². The van der Waals surface area contributed by atoms with E-state index in [0.717, 1.165) is 12.8 Å². The van der Waals surface area contributed by atoms with Gasteiger partial charge in [-0.05, 0) is 66.6 Å². The summed E-state index contributed by atoms with van der Waals surface area (Å²) in [6.07, 6.45) is 1.20. The Morgan fingerprint density at radius 1 is 1.11 bits per heavy atom. The molecule has 4 rings (SSSR count). The monoisotopic (exact) mass is 364 g/mol. The fourth-order valence-electron chi connectivity index (χ4n) is 4.00. The van der Waals surface area contributed by atoms with E-state index in [2.05, 4.69) is 36.3 Å². The van der Waals surface area contributed by atoms with Gasteiger partial charge in [-0.3, -0.25) is 4.79 Å². The Balaban J connectivity index is 1.49. The molecule has 0 radical (unpaired) electrons. The number of benzene rings is 2. The van der Waals surface area contributed by atoms with Crippen molar-refractivity contribution in [2.75, 3.05) is 6.54 Å². The smallest absolute Gasteiger partial charge is 0.248 e. The Morgan fingerprint density at radius 2 is 1.78 bits per heavy atom. The molecule has 1 atom stereocenters. The zero-order valence-corrected chi connectivity index (χ0v) is 15.5. The maximum absolute atomic E-state index is 11.5. The summed E-state index contributed by atoms with van der Waals surface area (Å²) in [4.78, 5) is 14.2. The van der Waals surface area contributed by atoms with E-state index < -0.39 is 6.10 Å². The minimum Gasteiger partial charge on any atom is -0.506 e. The number of fused-ring (bicyclic) bond motifs is 2. The second kappa shape index (κ2) is 6.83. The van der Waals surface area contributed by atoms with Crippen molar-refractivity contribution in [3.63, 3.8) is 0 Å². The molecule has 0 aliphatic heterocycles. The molecule has 1 aromatic heterocycles. The minimum absolute atomic E-state index is 0.00333. The third kappa shape index (κ3) is 3.36. The molecule has 3 aromatic rings. The fraction of sp³-hybridized carbons (Fsp3) is 0.318. The number of aryl methyl sites for hydroxylation is 2. The van der Waals surface area contributed by atoms with Crippen LogP contribution in [0, 0.1) is 13.8 Å². The van der Waals surface area contributed by atoms with Crippen LogP contribution >= 0.6 is 0 Å². The van der Waals surface area contributed by atoms with Gasteiger partial charge in [-0.2, -0.15) is 0 Å². The standard InChI is InChI=1S/C22H24N2O3/c1-12-7-14-9-16(10-15(14)8-13(12)2)23-11-20(26)17-3-5-19(25)22-18(17)4-6-21(27)24-22/h3-8,16,20,23,25-26H,9-11H2,1-2H3,(H,24,27)/t20-/m0/s1. The Morgan fingerprint density at radius 3 is 2.44 bits per heavy atom. The van der Waals surface area contributed by atoms with Gasteiger partial charge in [0.2, 0.25) is 5.56 Å². The van der Waals surface area contributed by atoms with Gasteiger partial charge < -0.3 is 20.5 Å². The third-order valence-corrected chi connectivity index (χ3v) is 5.61. The number of aromatic hydroxyl groups is 1. The number of aliphatic hydroxyl groups is 1. The van der Waals surface area contributed by atoms with E-state index >= 15 is 0 Å².